The van der Waals surface area contributed by atoms with Crippen molar-refractivity contribution in [3.63, 3.8) is 0 Å². The number of hydrogen-bond acceptors (Lipinski definition) is 3. The molecule has 2 aromatic rings. The molecule has 0 saturated heterocycles. The smallest absolute Gasteiger partial charge is 0.254 e. The molecule has 0 fully saturated rings. The highest BCUT2D eigenvalue weighted by atomic mass is 16.1. The molecule has 0 atom stereocenters. The van der Waals surface area contributed by atoms with Gasteiger partial charge in [-0.15, -0.1) is 0 Å². The lowest BCUT2D eigenvalue weighted by molar-refractivity contribution is 0.0944. The van der Waals surface area contributed by atoms with Crippen molar-refractivity contribution in [1.82, 2.24) is 19.9 Å². The molecule has 5 heteroatoms. The number of aryl methyl sites for hydroxylation is 2. The van der Waals surface area contributed by atoms with Crippen LogP contribution < -0.4 is 5.32 Å². The summed E-state index contributed by atoms with van der Waals surface area (Å²) in [5.74, 6) is 0.458. The average molecular weight is 274 g/mol. The van der Waals surface area contributed by atoms with E-state index in [0.29, 0.717) is 18.0 Å². The number of carbonyl (C=O) groups excluding carboxylic acids is 1. The largest absolute Gasteiger partial charge is 0.352 e. The van der Waals surface area contributed by atoms with E-state index in [1.165, 1.54) is 0 Å². The Balaban J connectivity index is 2.19. The molecule has 0 bridgehead atoms. The maximum Gasteiger partial charge on any atom is 0.254 e. The van der Waals surface area contributed by atoms with Crippen molar-refractivity contribution in [3.05, 3.63) is 29.2 Å². The van der Waals surface area contributed by atoms with Crippen molar-refractivity contribution in [2.75, 3.05) is 6.54 Å². The number of amides is 1. The van der Waals surface area contributed by atoms with Gasteiger partial charge in [-0.25, -0.2) is 9.50 Å². The number of aromatic nitrogens is 3. The standard InChI is InChI=1S/C15H22N4O/c1-5-12(6-2)8-17-15(20)13-9-16-14-7-10(3)18-19(14)11(13)4/h7,9,12H,5-6,8H2,1-4H3,(H,17,20). The van der Waals surface area contributed by atoms with Gasteiger partial charge in [0.2, 0.25) is 0 Å². The third kappa shape index (κ3) is 2.81. The lowest BCUT2D eigenvalue weighted by Gasteiger charge is -2.14. The molecule has 1 N–H and O–H groups in total. The van der Waals surface area contributed by atoms with E-state index >= 15 is 0 Å². The predicted octanol–water partition coefficient (Wildman–Crippen LogP) is 2.51. The number of fused-ring (bicyclic) bond motifs is 1. The van der Waals surface area contributed by atoms with Gasteiger partial charge in [0.25, 0.3) is 5.91 Å². The maximum atomic E-state index is 12.3. The SMILES string of the molecule is CCC(CC)CNC(=O)c1cnc2cc(C)nn2c1C. The Hall–Kier alpha value is -1.91. The van der Waals surface area contributed by atoms with E-state index in [9.17, 15) is 4.79 Å². The van der Waals surface area contributed by atoms with Crippen molar-refractivity contribution < 1.29 is 4.79 Å². The van der Waals surface area contributed by atoms with Gasteiger partial charge < -0.3 is 5.32 Å². The van der Waals surface area contributed by atoms with Crippen molar-refractivity contribution in [1.29, 1.82) is 0 Å². The minimum Gasteiger partial charge on any atom is -0.352 e. The Kier molecular flexibility index (Phi) is 4.37. The summed E-state index contributed by atoms with van der Waals surface area (Å²) in [5, 5.41) is 7.35. The molecule has 0 aromatic carbocycles. The van der Waals surface area contributed by atoms with E-state index in [-0.39, 0.29) is 5.91 Å². The average Bonchev–Trinajstić information content (AvgIpc) is 2.81. The molecule has 0 saturated carbocycles. The van der Waals surface area contributed by atoms with Gasteiger partial charge in [-0.1, -0.05) is 26.7 Å². The molecule has 1 amide bonds. The zero-order chi connectivity index (χ0) is 14.7. The van der Waals surface area contributed by atoms with Gasteiger partial charge in [0.1, 0.15) is 0 Å². The van der Waals surface area contributed by atoms with Gasteiger partial charge in [-0.2, -0.15) is 5.10 Å². The fourth-order valence-electron chi connectivity index (χ4n) is 2.30. The van der Waals surface area contributed by atoms with E-state index in [2.05, 4.69) is 29.2 Å². The second-order valence-corrected chi connectivity index (χ2v) is 5.21. The number of nitrogens with zero attached hydrogens (tertiary/aromatic N) is 3. The van der Waals surface area contributed by atoms with Crippen LogP contribution >= 0.6 is 0 Å². The van der Waals surface area contributed by atoms with Gasteiger partial charge in [0.15, 0.2) is 5.65 Å². The van der Waals surface area contributed by atoms with Crippen LogP contribution in [0.5, 0.6) is 0 Å². The number of nitrogens with one attached hydrogen (secondary N) is 1. The highest BCUT2D eigenvalue weighted by Crippen LogP contribution is 2.11. The highest BCUT2D eigenvalue weighted by Gasteiger charge is 2.14. The van der Waals surface area contributed by atoms with Crippen LogP contribution in [-0.4, -0.2) is 27.0 Å². The van der Waals surface area contributed by atoms with E-state index < -0.39 is 0 Å². The van der Waals surface area contributed by atoms with Crippen LogP contribution in [-0.2, 0) is 0 Å². The molecule has 0 aliphatic carbocycles. The second-order valence-electron chi connectivity index (χ2n) is 5.21. The van der Waals surface area contributed by atoms with E-state index in [4.69, 9.17) is 0 Å². The summed E-state index contributed by atoms with van der Waals surface area (Å²) in [6.45, 7) is 8.81. The van der Waals surface area contributed by atoms with Crippen LogP contribution in [0.1, 0.15) is 48.4 Å². The summed E-state index contributed by atoms with van der Waals surface area (Å²) in [6, 6.07) is 1.90. The van der Waals surface area contributed by atoms with Crippen LogP contribution in [0.15, 0.2) is 12.3 Å². The Bertz CT molecular complexity index is 614. The zero-order valence-corrected chi connectivity index (χ0v) is 12.6. The molecule has 2 aromatic heterocycles. The van der Waals surface area contributed by atoms with Crippen LogP contribution in [0.25, 0.3) is 5.65 Å². The summed E-state index contributed by atoms with van der Waals surface area (Å²) in [4.78, 5) is 16.6. The van der Waals surface area contributed by atoms with Crippen molar-refractivity contribution >= 4 is 11.6 Å². The van der Waals surface area contributed by atoms with Crippen LogP contribution in [0.3, 0.4) is 0 Å². The zero-order valence-electron chi connectivity index (χ0n) is 12.6. The number of carbonyl (C=O) groups is 1. The molecular weight excluding hydrogens is 252 g/mol. The molecule has 0 spiro atoms. The molecule has 5 nitrogen and oxygen atoms in total. The Labute approximate surface area is 119 Å². The lowest BCUT2D eigenvalue weighted by atomic mass is 10.0. The highest BCUT2D eigenvalue weighted by molar-refractivity contribution is 5.95. The fourth-order valence-corrected chi connectivity index (χ4v) is 2.30. The Morgan fingerprint density at radius 2 is 2.05 bits per heavy atom. The molecule has 108 valence electrons. The van der Waals surface area contributed by atoms with Crippen molar-refractivity contribution in [2.24, 2.45) is 5.92 Å². The van der Waals surface area contributed by atoms with Gasteiger partial charge in [-0.05, 0) is 19.8 Å². The van der Waals surface area contributed by atoms with Gasteiger partial charge in [-0.3, -0.25) is 4.79 Å². The van der Waals surface area contributed by atoms with E-state index in [1.54, 1.807) is 10.7 Å². The molecule has 0 aliphatic rings. The van der Waals surface area contributed by atoms with Crippen LogP contribution in [0.2, 0.25) is 0 Å². The Morgan fingerprint density at radius 3 is 2.70 bits per heavy atom. The molecular formula is C15H22N4O. The minimum absolute atomic E-state index is 0.0723. The van der Waals surface area contributed by atoms with Gasteiger partial charge >= 0.3 is 0 Å². The number of rotatable bonds is 5. The van der Waals surface area contributed by atoms with Crippen LogP contribution in [0, 0.1) is 19.8 Å². The van der Waals surface area contributed by atoms with E-state index in [0.717, 1.165) is 29.9 Å². The quantitative estimate of drug-likeness (QED) is 0.911. The molecule has 0 radical (unpaired) electrons. The maximum absolute atomic E-state index is 12.3. The first-order chi connectivity index (χ1) is 9.56. The van der Waals surface area contributed by atoms with E-state index in [1.807, 2.05) is 19.9 Å². The summed E-state index contributed by atoms with van der Waals surface area (Å²) in [5.41, 5.74) is 3.09. The first kappa shape index (κ1) is 14.5. The summed E-state index contributed by atoms with van der Waals surface area (Å²) < 4.78 is 1.72. The monoisotopic (exact) mass is 274 g/mol. The summed E-state index contributed by atoms with van der Waals surface area (Å²) in [6.07, 6.45) is 3.78. The van der Waals surface area contributed by atoms with Crippen LogP contribution in [0.4, 0.5) is 0 Å². The summed E-state index contributed by atoms with van der Waals surface area (Å²) >= 11 is 0. The first-order valence-corrected chi connectivity index (χ1v) is 7.17. The molecule has 20 heavy (non-hydrogen) atoms. The van der Waals surface area contributed by atoms with Gasteiger partial charge in [0.05, 0.1) is 17.0 Å². The minimum atomic E-state index is -0.0723. The number of hydrogen-bond donors (Lipinski definition) is 1. The normalized spacial score (nSPS) is 11.2. The third-order valence-electron chi connectivity index (χ3n) is 3.80. The van der Waals surface area contributed by atoms with Crippen molar-refractivity contribution in [3.8, 4) is 0 Å². The molecule has 2 rings (SSSR count). The summed E-state index contributed by atoms with van der Waals surface area (Å²) in [7, 11) is 0. The van der Waals surface area contributed by atoms with Gasteiger partial charge in [0, 0.05) is 18.8 Å². The fraction of sp³-hybridized carbons (Fsp3) is 0.533. The second kappa shape index (κ2) is 6.03. The topological polar surface area (TPSA) is 59.3 Å². The lowest BCUT2D eigenvalue weighted by Crippen LogP contribution is -2.30. The predicted molar refractivity (Wildman–Crippen MR) is 78.9 cm³/mol. The Morgan fingerprint density at radius 1 is 1.35 bits per heavy atom. The first-order valence-electron chi connectivity index (χ1n) is 7.17. The van der Waals surface area contributed by atoms with Crippen molar-refractivity contribution in [2.45, 2.75) is 40.5 Å². The molecule has 2 heterocycles. The molecule has 0 aliphatic heterocycles. The molecule has 0 unspecified atom stereocenters. The third-order valence-corrected chi connectivity index (χ3v) is 3.80.